The average molecular weight is 346 g/mol. The summed E-state index contributed by atoms with van der Waals surface area (Å²) < 4.78 is 9.83. The largest absolute Gasteiger partial charge is 0.445 e. The van der Waals surface area contributed by atoms with Crippen molar-refractivity contribution in [1.29, 1.82) is 0 Å². The summed E-state index contributed by atoms with van der Waals surface area (Å²) in [5.74, 6) is 0. The Morgan fingerprint density at radius 2 is 1.48 bits per heavy atom. The van der Waals surface area contributed by atoms with Crippen molar-refractivity contribution in [3.05, 3.63) is 12.7 Å². The van der Waals surface area contributed by atoms with E-state index in [1.165, 1.54) is 6.08 Å². The minimum absolute atomic E-state index is 0.171. The zero-order valence-corrected chi connectivity index (χ0v) is 14.7. The van der Waals surface area contributed by atoms with Gasteiger partial charge < -0.3 is 30.7 Å². The molecule has 0 unspecified atom stereocenters. The second-order valence-corrected chi connectivity index (χ2v) is 5.83. The molecule has 0 fully saturated rings. The van der Waals surface area contributed by atoms with Gasteiger partial charge in [0.05, 0.1) is 0 Å². The highest BCUT2D eigenvalue weighted by molar-refractivity contribution is 7.80. The van der Waals surface area contributed by atoms with Crippen LogP contribution in [0.3, 0.4) is 0 Å². The summed E-state index contributed by atoms with van der Waals surface area (Å²) >= 11 is 5.05. The molecule has 0 saturated heterocycles. The summed E-state index contributed by atoms with van der Waals surface area (Å²) in [5.41, 5.74) is -0.520. The van der Waals surface area contributed by atoms with Crippen molar-refractivity contribution >= 4 is 29.5 Å². The Balaban J connectivity index is 3.56. The van der Waals surface area contributed by atoms with Crippen LogP contribution in [0.5, 0.6) is 0 Å². The molecule has 0 saturated carbocycles. The Morgan fingerprint density at radius 3 is 1.96 bits per heavy atom. The molecule has 0 aliphatic carbocycles. The molecule has 2 amide bonds. The van der Waals surface area contributed by atoms with Gasteiger partial charge >= 0.3 is 12.2 Å². The summed E-state index contributed by atoms with van der Waals surface area (Å²) in [6.07, 6.45) is 0.509. The number of nitrogens with one attached hydrogen (secondary N) is 4. The number of hydrogen-bond donors (Lipinski definition) is 4. The molecule has 0 spiro atoms. The number of carbonyl (C=O) groups is 2. The minimum atomic E-state index is -0.520. The molecular formula is C14H26N4O4S. The van der Waals surface area contributed by atoms with Gasteiger partial charge in [-0.05, 0) is 33.0 Å². The van der Waals surface area contributed by atoms with E-state index >= 15 is 0 Å². The van der Waals surface area contributed by atoms with Gasteiger partial charge in [0.1, 0.15) is 12.2 Å². The molecule has 4 N–H and O–H groups in total. The fraction of sp³-hybridized carbons (Fsp3) is 0.643. The predicted molar refractivity (Wildman–Crippen MR) is 92.4 cm³/mol. The van der Waals surface area contributed by atoms with Crippen molar-refractivity contribution < 1.29 is 19.1 Å². The molecular weight excluding hydrogens is 320 g/mol. The maximum absolute atomic E-state index is 11.4. The van der Waals surface area contributed by atoms with Gasteiger partial charge in [0.15, 0.2) is 5.11 Å². The van der Waals surface area contributed by atoms with Crippen LogP contribution in [0.1, 0.15) is 20.8 Å². The number of thiocarbonyl (C=S) groups is 1. The minimum Gasteiger partial charge on any atom is -0.445 e. The summed E-state index contributed by atoms with van der Waals surface area (Å²) in [4.78, 5) is 22.5. The van der Waals surface area contributed by atoms with Crippen LogP contribution in [0.4, 0.5) is 9.59 Å². The van der Waals surface area contributed by atoms with Crippen LogP contribution in [-0.2, 0) is 9.47 Å². The van der Waals surface area contributed by atoms with E-state index in [1.807, 2.05) is 0 Å². The number of hydrogen-bond acceptors (Lipinski definition) is 5. The van der Waals surface area contributed by atoms with Crippen molar-refractivity contribution in [3.63, 3.8) is 0 Å². The summed E-state index contributed by atoms with van der Waals surface area (Å²) in [7, 11) is 0. The van der Waals surface area contributed by atoms with Gasteiger partial charge in [0.25, 0.3) is 0 Å². The van der Waals surface area contributed by atoms with E-state index in [2.05, 4.69) is 27.8 Å². The number of carbonyl (C=O) groups excluding carboxylic acids is 2. The molecule has 0 radical (unpaired) electrons. The standard InChI is InChI=1S/C14H26N4O4S/c1-5-10-21-12(19)17-8-6-15-11(23)16-7-9-18-13(20)22-14(2,3)4/h5H,1,6-10H2,2-4H3,(H,17,19)(H,18,20)(H2,15,16,23). The van der Waals surface area contributed by atoms with Crippen molar-refractivity contribution in [3.8, 4) is 0 Å². The van der Waals surface area contributed by atoms with Crippen molar-refractivity contribution in [1.82, 2.24) is 21.3 Å². The first kappa shape index (κ1) is 21.0. The molecule has 0 aliphatic heterocycles. The van der Waals surface area contributed by atoms with E-state index in [0.29, 0.717) is 31.3 Å². The Bertz CT molecular complexity index is 410. The van der Waals surface area contributed by atoms with Gasteiger partial charge in [-0.3, -0.25) is 0 Å². The van der Waals surface area contributed by atoms with Gasteiger partial charge in [-0.1, -0.05) is 12.7 Å². The van der Waals surface area contributed by atoms with Gasteiger partial charge in [-0.15, -0.1) is 0 Å². The lowest BCUT2D eigenvalue weighted by Gasteiger charge is -2.19. The average Bonchev–Trinajstić information content (AvgIpc) is 2.44. The molecule has 9 heteroatoms. The van der Waals surface area contributed by atoms with Gasteiger partial charge in [-0.2, -0.15) is 0 Å². The third-order valence-electron chi connectivity index (χ3n) is 2.09. The fourth-order valence-corrected chi connectivity index (χ4v) is 1.45. The van der Waals surface area contributed by atoms with Crippen molar-refractivity contribution in [2.45, 2.75) is 26.4 Å². The normalized spacial score (nSPS) is 10.2. The van der Waals surface area contributed by atoms with Gasteiger partial charge in [-0.25, -0.2) is 9.59 Å². The summed E-state index contributed by atoms with van der Waals surface area (Å²) in [6.45, 7) is 10.7. The van der Waals surface area contributed by atoms with E-state index in [4.69, 9.17) is 21.7 Å². The molecule has 0 atom stereocenters. The molecule has 0 aromatic carbocycles. The topological polar surface area (TPSA) is 101 Å². The molecule has 0 heterocycles. The lowest BCUT2D eigenvalue weighted by Crippen LogP contribution is -2.43. The number of rotatable bonds is 8. The highest BCUT2D eigenvalue weighted by atomic mass is 32.1. The molecule has 0 rings (SSSR count). The van der Waals surface area contributed by atoms with Crippen LogP contribution >= 0.6 is 12.2 Å². The third kappa shape index (κ3) is 14.7. The fourth-order valence-electron chi connectivity index (χ4n) is 1.24. The van der Waals surface area contributed by atoms with Crippen LogP contribution in [0.25, 0.3) is 0 Å². The summed E-state index contributed by atoms with van der Waals surface area (Å²) in [6, 6.07) is 0. The van der Waals surface area contributed by atoms with E-state index in [9.17, 15) is 9.59 Å². The lowest BCUT2D eigenvalue weighted by molar-refractivity contribution is 0.0529. The lowest BCUT2D eigenvalue weighted by atomic mass is 10.2. The second-order valence-electron chi connectivity index (χ2n) is 5.43. The Hall–Kier alpha value is -2.03. The predicted octanol–water partition coefficient (Wildman–Crippen LogP) is 0.887. The first-order valence-corrected chi connectivity index (χ1v) is 7.65. The number of ether oxygens (including phenoxy) is 2. The zero-order valence-electron chi connectivity index (χ0n) is 13.9. The maximum atomic E-state index is 11.4. The van der Waals surface area contributed by atoms with E-state index in [0.717, 1.165) is 0 Å². The van der Waals surface area contributed by atoms with Crippen LogP contribution in [0, 0.1) is 0 Å². The Morgan fingerprint density at radius 1 is 1.00 bits per heavy atom. The van der Waals surface area contributed by atoms with Gasteiger partial charge in [0, 0.05) is 26.2 Å². The first-order chi connectivity index (χ1) is 10.7. The smallest absolute Gasteiger partial charge is 0.407 e. The van der Waals surface area contributed by atoms with Crippen molar-refractivity contribution in [2.75, 3.05) is 32.8 Å². The second kappa shape index (κ2) is 11.5. The maximum Gasteiger partial charge on any atom is 0.407 e. The number of amides is 2. The Kier molecular flexibility index (Phi) is 10.5. The first-order valence-electron chi connectivity index (χ1n) is 7.24. The summed E-state index contributed by atoms with van der Waals surface area (Å²) in [5, 5.41) is 11.4. The quantitative estimate of drug-likeness (QED) is 0.294. The highest BCUT2D eigenvalue weighted by Gasteiger charge is 2.15. The van der Waals surface area contributed by atoms with Crippen LogP contribution < -0.4 is 21.3 Å². The van der Waals surface area contributed by atoms with E-state index in [-0.39, 0.29) is 6.61 Å². The van der Waals surface area contributed by atoms with Crippen LogP contribution in [0.2, 0.25) is 0 Å². The van der Waals surface area contributed by atoms with Crippen molar-refractivity contribution in [2.24, 2.45) is 0 Å². The van der Waals surface area contributed by atoms with Crippen LogP contribution in [-0.4, -0.2) is 55.7 Å². The van der Waals surface area contributed by atoms with E-state index < -0.39 is 17.8 Å². The zero-order chi connectivity index (χ0) is 17.7. The molecule has 132 valence electrons. The molecule has 0 aromatic rings. The molecule has 8 nitrogen and oxygen atoms in total. The van der Waals surface area contributed by atoms with E-state index in [1.54, 1.807) is 20.8 Å². The van der Waals surface area contributed by atoms with Crippen LogP contribution in [0.15, 0.2) is 12.7 Å². The molecule has 0 aromatic heterocycles. The third-order valence-corrected chi connectivity index (χ3v) is 2.38. The SMILES string of the molecule is C=CCOC(=O)NCCNC(=S)NCCNC(=O)OC(C)(C)C. The number of alkyl carbamates (subject to hydrolysis) is 2. The van der Waals surface area contributed by atoms with Gasteiger partial charge in [0.2, 0.25) is 0 Å². The monoisotopic (exact) mass is 346 g/mol. The molecule has 0 bridgehead atoms. The Labute approximate surface area is 142 Å². The molecule has 0 aliphatic rings. The molecule has 23 heavy (non-hydrogen) atoms. The highest BCUT2D eigenvalue weighted by Crippen LogP contribution is 2.05.